The van der Waals surface area contributed by atoms with Gasteiger partial charge in [-0.3, -0.25) is 14.9 Å². The number of nitrogens with two attached hydrogens (primary N) is 1. The van der Waals surface area contributed by atoms with Gasteiger partial charge in [0, 0.05) is 29.4 Å². The van der Waals surface area contributed by atoms with E-state index in [4.69, 9.17) is 25.7 Å². The van der Waals surface area contributed by atoms with Gasteiger partial charge in [-0.2, -0.15) is 0 Å². The molecule has 39 heavy (non-hydrogen) atoms. The maximum Gasteiger partial charge on any atom is 0.320 e. The fourth-order valence-corrected chi connectivity index (χ4v) is 5.60. The lowest BCUT2D eigenvalue weighted by Gasteiger charge is -2.25. The van der Waals surface area contributed by atoms with Gasteiger partial charge in [-0.05, 0) is 50.6 Å². The molecule has 1 unspecified atom stereocenters. The molecule has 0 saturated heterocycles. The van der Waals surface area contributed by atoms with Gasteiger partial charge in [0.2, 0.25) is 20.0 Å². The minimum atomic E-state index is -4.34. The van der Waals surface area contributed by atoms with Gasteiger partial charge in [-0.1, -0.05) is 6.92 Å². The molecule has 2 aromatic rings. The minimum absolute atomic E-state index is 0.0179. The zero-order valence-electron chi connectivity index (χ0n) is 22.0. The van der Waals surface area contributed by atoms with Gasteiger partial charge >= 0.3 is 5.97 Å². The summed E-state index contributed by atoms with van der Waals surface area (Å²) in [7, 11) is -7.99. The number of amidine groups is 1. The van der Waals surface area contributed by atoms with Crippen molar-refractivity contribution in [2.45, 2.75) is 33.2 Å². The van der Waals surface area contributed by atoms with Crippen LogP contribution in [0.3, 0.4) is 0 Å². The maximum atomic E-state index is 12.6. The number of nitrogen functional groups attached to an aromatic ring is 1. The topological polar surface area (TPSA) is 210 Å². The van der Waals surface area contributed by atoms with Crippen LogP contribution in [-0.4, -0.2) is 65.0 Å². The van der Waals surface area contributed by atoms with Crippen molar-refractivity contribution < 1.29 is 36.2 Å². The van der Waals surface area contributed by atoms with Crippen LogP contribution in [0.15, 0.2) is 36.4 Å². The molecule has 0 aliphatic carbocycles. The molecule has 0 heterocycles. The standard InChI is InChI=1S/C24H35N5O8S2/c1-4-11-38(32,33)27-14-20(28-17-9-7-16(8-10-17)24(25)26)18-12-21(36-5-2)22(37-6-3)13-19(18)29-39(34,35)15-23(30)31/h7-10,12-13,20,27-29H,4-6,11,14-15H2,1-3H3,(H3,25,26)(H,30,31). The SMILES string of the molecule is CCCS(=O)(=O)NCC(Nc1ccc(C(=N)N)cc1)c1cc(OCC)c(OCC)cc1NS(=O)(=O)CC(=O)O. The van der Waals surface area contributed by atoms with Crippen molar-refractivity contribution in [1.82, 2.24) is 4.72 Å². The molecule has 13 nitrogen and oxygen atoms in total. The Balaban J connectivity index is 2.67. The molecule has 216 valence electrons. The number of hydrogen-bond acceptors (Lipinski definition) is 9. The lowest BCUT2D eigenvalue weighted by Crippen LogP contribution is -2.33. The van der Waals surface area contributed by atoms with Crippen molar-refractivity contribution in [1.29, 1.82) is 5.41 Å². The third-order valence-corrected chi connectivity index (χ3v) is 7.90. The summed E-state index contributed by atoms with van der Waals surface area (Å²) in [5.41, 5.74) is 6.78. The Morgan fingerprint density at radius 2 is 1.59 bits per heavy atom. The fourth-order valence-electron chi connectivity index (χ4n) is 3.59. The number of nitrogens with one attached hydrogen (secondary N) is 4. The second-order valence-corrected chi connectivity index (χ2v) is 12.0. The molecule has 0 spiro atoms. The molecule has 0 bridgehead atoms. The molecule has 0 fully saturated rings. The number of carbonyl (C=O) groups is 1. The highest BCUT2D eigenvalue weighted by atomic mass is 32.2. The zero-order valence-corrected chi connectivity index (χ0v) is 23.6. The molecular formula is C24H35N5O8S2. The summed E-state index contributed by atoms with van der Waals surface area (Å²) >= 11 is 0. The van der Waals surface area contributed by atoms with Crippen LogP contribution in [0.5, 0.6) is 11.5 Å². The highest BCUT2D eigenvalue weighted by Gasteiger charge is 2.25. The number of carboxylic acid groups (broad SMARTS) is 1. The zero-order chi connectivity index (χ0) is 29.2. The molecule has 0 saturated carbocycles. The van der Waals surface area contributed by atoms with Crippen LogP contribution in [0.1, 0.15) is 44.4 Å². The molecule has 15 heteroatoms. The van der Waals surface area contributed by atoms with Crippen LogP contribution in [0.4, 0.5) is 11.4 Å². The first-order chi connectivity index (χ1) is 18.3. The van der Waals surface area contributed by atoms with Crippen molar-refractivity contribution in [3.8, 4) is 11.5 Å². The first-order valence-corrected chi connectivity index (χ1v) is 15.4. The molecule has 2 aromatic carbocycles. The molecule has 7 N–H and O–H groups in total. The normalized spacial score (nSPS) is 12.4. The minimum Gasteiger partial charge on any atom is -0.490 e. The predicted octanol–water partition coefficient (Wildman–Crippen LogP) is 2.08. The van der Waals surface area contributed by atoms with E-state index in [2.05, 4.69) is 14.8 Å². The van der Waals surface area contributed by atoms with Crippen molar-refractivity contribution in [3.63, 3.8) is 0 Å². The van der Waals surface area contributed by atoms with E-state index < -0.39 is 37.8 Å². The van der Waals surface area contributed by atoms with Crippen molar-refractivity contribution in [2.75, 3.05) is 41.3 Å². The average molecular weight is 586 g/mol. The summed E-state index contributed by atoms with van der Waals surface area (Å²) in [6.45, 7) is 5.52. The Morgan fingerprint density at radius 3 is 2.10 bits per heavy atom. The second-order valence-electron chi connectivity index (χ2n) is 8.36. The van der Waals surface area contributed by atoms with E-state index in [9.17, 15) is 21.6 Å². The van der Waals surface area contributed by atoms with Gasteiger partial charge in [0.15, 0.2) is 17.3 Å². The molecule has 0 aromatic heterocycles. The number of aliphatic carboxylic acids is 1. The van der Waals surface area contributed by atoms with Crippen LogP contribution in [0.2, 0.25) is 0 Å². The smallest absolute Gasteiger partial charge is 0.320 e. The lowest BCUT2D eigenvalue weighted by atomic mass is 10.0. The number of rotatable bonds is 17. The van der Waals surface area contributed by atoms with Gasteiger partial charge in [0.25, 0.3) is 0 Å². The van der Waals surface area contributed by atoms with Crippen LogP contribution < -0.4 is 30.0 Å². The predicted molar refractivity (Wildman–Crippen MR) is 150 cm³/mol. The Labute approximate surface area is 228 Å². The van der Waals surface area contributed by atoms with E-state index in [0.29, 0.717) is 17.7 Å². The number of benzene rings is 2. The summed E-state index contributed by atoms with van der Waals surface area (Å²) in [4.78, 5) is 11.1. The van der Waals surface area contributed by atoms with Crippen molar-refractivity contribution in [2.24, 2.45) is 5.73 Å². The van der Waals surface area contributed by atoms with E-state index in [-0.39, 0.29) is 54.1 Å². The quantitative estimate of drug-likeness (QED) is 0.118. The molecule has 0 aliphatic heterocycles. The highest BCUT2D eigenvalue weighted by Crippen LogP contribution is 2.38. The molecule has 1 atom stereocenters. The third-order valence-electron chi connectivity index (χ3n) is 5.19. The van der Waals surface area contributed by atoms with Gasteiger partial charge in [-0.25, -0.2) is 21.6 Å². The highest BCUT2D eigenvalue weighted by molar-refractivity contribution is 7.93. The fraction of sp³-hybridized carbons (Fsp3) is 0.417. The number of hydrogen-bond donors (Lipinski definition) is 6. The monoisotopic (exact) mass is 585 g/mol. The van der Waals surface area contributed by atoms with Gasteiger partial charge in [0.1, 0.15) is 5.84 Å². The first kappa shape index (κ1) is 31.7. The summed E-state index contributed by atoms with van der Waals surface area (Å²) in [5.74, 6) is -2.48. The number of ether oxygens (including phenoxy) is 2. The molecular weight excluding hydrogens is 550 g/mol. The van der Waals surface area contributed by atoms with E-state index in [1.165, 1.54) is 12.1 Å². The number of carboxylic acids is 1. The van der Waals surface area contributed by atoms with Gasteiger partial charge in [-0.15, -0.1) is 0 Å². The summed E-state index contributed by atoms with van der Waals surface area (Å²) < 4.78 is 66.3. The van der Waals surface area contributed by atoms with Crippen molar-refractivity contribution in [3.05, 3.63) is 47.5 Å². The van der Waals surface area contributed by atoms with Gasteiger partial charge in [0.05, 0.1) is 30.7 Å². The van der Waals surface area contributed by atoms with E-state index >= 15 is 0 Å². The first-order valence-electron chi connectivity index (χ1n) is 12.1. The second kappa shape index (κ2) is 14.0. The van der Waals surface area contributed by atoms with Crippen LogP contribution >= 0.6 is 0 Å². The van der Waals surface area contributed by atoms with Crippen LogP contribution in [0.25, 0.3) is 0 Å². The summed E-state index contributed by atoms with van der Waals surface area (Å²) in [6.07, 6.45) is 0.387. The van der Waals surface area contributed by atoms with Gasteiger partial charge < -0.3 is 25.6 Å². The molecule has 0 radical (unpaired) electrons. The number of sulfonamides is 2. The van der Waals surface area contributed by atoms with Crippen LogP contribution in [0, 0.1) is 5.41 Å². The Hall–Kier alpha value is -3.56. The van der Waals surface area contributed by atoms with E-state index in [1.807, 2.05) is 0 Å². The lowest BCUT2D eigenvalue weighted by molar-refractivity contribution is -0.134. The molecule has 2 rings (SSSR count). The maximum absolute atomic E-state index is 12.6. The summed E-state index contributed by atoms with van der Waals surface area (Å²) in [5, 5.41) is 19.8. The average Bonchev–Trinajstić information content (AvgIpc) is 2.83. The molecule has 0 aliphatic rings. The number of anilines is 2. The summed E-state index contributed by atoms with van der Waals surface area (Å²) in [6, 6.07) is 8.50. The Bertz CT molecular complexity index is 1360. The van der Waals surface area contributed by atoms with Crippen LogP contribution in [-0.2, 0) is 24.8 Å². The third kappa shape index (κ3) is 9.92. The van der Waals surface area contributed by atoms with E-state index in [1.54, 1.807) is 45.0 Å². The Kier molecular flexibility index (Phi) is 11.4. The van der Waals surface area contributed by atoms with Crippen molar-refractivity contribution >= 4 is 43.2 Å². The largest absolute Gasteiger partial charge is 0.490 e. The molecule has 0 amide bonds. The Morgan fingerprint density at radius 1 is 1.00 bits per heavy atom. The van der Waals surface area contributed by atoms with E-state index in [0.717, 1.165) is 0 Å².